The average Bonchev–Trinajstić information content (AvgIpc) is 2.09. The van der Waals surface area contributed by atoms with Gasteiger partial charge < -0.3 is 9.63 Å². The topological polar surface area (TPSA) is 38.3 Å². The Kier molecular flexibility index (Phi) is 3.29. The highest BCUT2D eigenvalue weighted by atomic mass is 16.6. The normalized spacial score (nSPS) is 9.42. The fourth-order valence-electron chi connectivity index (χ4n) is 0.765. The number of hydrogen-bond acceptors (Lipinski definition) is 3. The molecular formula is C9H11NO2. The number of nitrogens with one attached hydrogen (secondary N) is 1. The van der Waals surface area contributed by atoms with Crippen LogP contribution in [0.2, 0.25) is 0 Å². The second kappa shape index (κ2) is 4.51. The lowest BCUT2D eigenvalue weighted by Crippen LogP contribution is -2.20. The number of hydroxylamine groups is 1. The molecule has 1 rings (SSSR count). The van der Waals surface area contributed by atoms with E-state index in [1.807, 2.05) is 31.2 Å². The van der Waals surface area contributed by atoms with Gasteiger partial charge in [0.25, 0.3) is 0 Å². The molecule has 0 aromatic heterocycles. The van der Waals surface area contributed by atoms with Crippen LogP contribution in [0.3, 0.4) is 0 Å². The maximum absolute atomic E-state index is 9.91. The molecule has 12 heavy (non-hydrogen) atoms. The standard InChI is InChI=1S/C9H11NO2/c1-8-2-4-9(5-3-8)12-10-6-7-11/h2-5,7,10H,6H2,1H3. The molecule has 0 amide bonds. The van der Waals surface area contributed by atoms with E-state index in [1.165, 1.54) is 5.56 Å². The Morgan fingerprint density at radius 3 is 2.67 bits per heavy atom. The van der Waals surface area contributed by atoms with Crippen molar-refractivity contribution in [3.63, 3.8) is 0 Å². The van der Waals surface area contributed by atoms with Crippen LogP contribution < -0.4 is 10.3 Å². The van der Waals surface area contributed by atoms with Crippen molar-refractivity contribution in [1.82, 2.24) is 5.48 Å². The lowest BCUT2D eigenvalue weighted by Gasteiger charge is -2.03. The van der Waals surface area contributed by atoms with Gasteiger partial charge in [0.05, 0.1) is 6.54 Å². The first-order chi connectivity index (χ1) is 5.83. The van der Waals surface area contributed by atoms with E-state index in [1.54, 1.807) is 0 Å². The predicted octanol–water partition coefficient (Wildman–Crippen LogP) is 1.08. The minimum absolute atomic E-state index is 0.202. The molecule has 0 saturated heterocycles. The van der Waals surface area contributed by atoms with Gasteiger partial charge in [0.15, 0.2) is 0 Å². The number of carbonyl (C=O) groups is 1. The van der Waals surface area contributed by atoms with Crippen LogP contribution in [-0.4, -0.2) is 12.8 Å². The average molecular weight is 165 g/mol. The van der Waals surface area contributed by atoms with Crippen LogP contribution in [0.25, 0.3) is 0 Å². The number of aldehydes is 1. The zero-order valence-corrected chi connectivity index (χ0v) is 6.91. The smallest absolute Gasteiger partial charge is 0.147 e. The quantitative estimate of drug-likeness (QED) is 0.412. The van der Waals surface area contributed by atoms with Crippen LogP contribution in [0, 0.1) is 6.92 Å². The van der Waals surface area contributed by atoms with Gasteiger partial charge in [-0.3, -0.25) is 0 Å². The van der Waals surface area contributed by atoms with Crippen LogP contribution in [0.15, 0.2) is 24.3 Å². The molecule has 0 saturated carbocycles. The Balaban J connectivity index is 2.42. The van der Waals surface area contributed by atoms with Crippen molar-refractivity contribution in [2.45, 2.75) is 6.92 Å². The molecule has 1 aromatic carbocycles. The molecule has 0 spiro atoms. The van der Waals surface area contributed by atoms with E-state index in [2.05, 4.69) is 5.48 Å². The molecule has 0 aliphatic heterocycles. The van der Waals surface area contributed by atoms with Crippen molar-refractivity contribution >= 4 is 6.29 Å². The first kappa shape index (κ1) is 8.74. The summed E-state index contributed by atoms with van der Waals surface area (Å²) in [6.45, 7) is 2.20. The first-order valence-corrected chi connectivity index (χ1v) is 3.73. The van der Waals surface area contributed by atoms with E-state index in [9.17, 15) is 4.79 Å². The van der Waals surface area contributed by atoms with Crippen molar-refractivity contribution in [3.05, 3.63) is 29.8 Å². The van der Waals surface area contributed by atoms with Crippen LogP contribution in [0.1, 0.15) is 5.56 Å². The van der Waals surface area contributed by atoms with Gasteiger partial charge >= 0.3 is 0 Å². The highest BCUT2D eigenvalue weighted by Crippen LogP contribution is 2.09. The molecule has 0 fully saturated rings. The first-order valence-electron chi connectivity index (χ1n) is 3.73. The highest BCUT2D eigenvalue weighted by Gasteiger charge is 1.90. The Bertz CT molecular complexity index is 243. The lowest BCUT2D eigenvalue weighted by molar-refractivity contribution is -0.108. The third-order valence-corrected chi connectivity index (χ3v) is 1.38. The van der Waals surface area contributed by atoms with Gasteiger partial charge in [0.2, 0.25) is 0 Å². The third kappa shape index (κ3) is 2.72. The molecule has 0 aliphatic rings. The summed E-state index contributed by atoms with van der Waals surface area (Å²) < 4.78 is 0. The molecule has 0 atom stereocenters. The van der Waals surface area contributed by atoms with Crippen molar-refractivity contribution in [1.29, 1.82) is 0 Å². The van der Waals surface area contributed by atoms with Gasteiger partial charge in [-0.1, -0.05) is 17.7 Å². The fraction of sp³-hybridized carbons (Fsp3) is 0.222. The van der Waals surface area contributed by atoms with Crippen LogP contribution in [0.4, 0.5) is 0 Å². The van der Waals surface area contributed by atoms with E-state index in [4.69, 9.17) is 4.84 Å². The van der Waals surface area contributed by atoms with Gasteiger partial charge in [-0.25, -0.2) is 0 Å². The highest BCUT2D eigenvalue weighted by molar-refractivity contribution is 5.51. The Labute approximate surface area is 71.3 Å². The van der Waals surface area contributed by atoms with Crippen LogP contribution >= 0.6 is 0 Å². The summed E-state index contributed by atoms with van der Waals surface area (Å²) in [5, 5.41) is 0. The third-order valence-electron chi connectivity index (χ3n) is 1.38. The maximum atomic E-state index is 9.91. The molecule has 3 heteroatoms. The minimum Gasteiger partial charge on any atom is -0.408 e. The molecule has 0 bridgehead atoms. The van der Waals surface area contributed by atoms with Crippen LogP contribution in [0.5, 0.6) is 5.75 Å². The van der Waals surface area contributed by atoms with E-state index in [0.717, 1.165) is 6.29 Å². The SMILES string of the molecule is Cc1ccc(ONCC=O)cc1. The van der Waals surface area contributed by atoms with E-state index < -0.39 is 0 Å². The van der Waals surface area contributed by atoms with E-state index in [-0.39, 0.29) is 6.54 Å². The Morgan fingerprint density at radius 2 is 2.08 bits per heavy atom. The zero-order chi connectivity index (χ0) is 8.81. The number of rotatable bonds is 4. The summed E-state index contributed by atoms with van der Waals surface area (Å²) in [6, 6.07) is 7.57. The van der Waals surface area contributed by atoms with Crippen molar-refractivity contribution in [3.8, 4) is 5.75 Å². The van der Waals surface area contributed by atoms with Crippen molar-refractivity contribution in [2.24, 2.45) is 0 Å². The lowest BCUT2D eigenvalue weighted by atomic mass is 10.2. The molecule has 1 aromatic rings. The monoisotopic (exact) mass is 165 g/mol. The molecule has 0 unspecified atom stereocenters. The molecule has 1 N–H and O–H groups in total. The second-order valence-corrected chi connectivity index (χ2v) is 2.43. The summed E-state index contributed by atoms with van der Waals surface area (Å²) >= 11 is 0. The summed E-state index contributed by atoms with van der Waals surface area (Å²) in [4.78, 5) is 14.9. The van der Waals surface area contributed by atoms with Gasteiger partial charge in [0.1, 0.15) is 12.0 Å². The minimum atomic E-state index is 0.202. The number of aryl methyl sites for hydroxylation is 1. The van der Waals surface area contributed by atoms with Crippen molar-refractivity contribution in [2.75, 3.05) is 6.54 Å². The largest absolute Gasteiger partial charge is 0.408 e. The Hall–Kier alpha value is -1.35. The number of benzene rings is 1. The van der Waals surface area contributed by atoms with E-state index >= 15 is 0 Å². The van der Waals surface area contributed by atoms with Gasteiger partial charge in [-0.2, -0.15) is 0 Å². The molecule has 0 heterocycles. The summed E-state index contributed by atoms with van der Waals surface area (Å²) in [7, 11) is 0. The number of hydrogen-bond donors (Lipinski definition) is 1. The van der Waals surface area contributed by atoms with Crippen molar-refractivity contribution < 1.29 is 9.63 Å². The van der Waals surface area contributed by atoms with Gasteiger partial charge in [-0.05, 0) is 19.1 Å². The summed E-state index contributed by atoms with van der Waals surface area (Å²) in [5.41, 5.74) is 3.68. The summed E-state index contributed by atoms with van der Waals surface area (Å²) in [6.07, 6.45) is 0.744. The molecule has 0 radical (unpaired) electrons. The summed E-state index contributed by atoms with van der Waals surface area (Å²) in [5.74, 6) is 0.711. The van der Waals surface area contributed by atoms with Crippen LogP contribution in [-0.2, 0) is 4.79 Å². The zero-order valence-electron chi connectivity index (χ0n) is 6.91. The molecule has 3 nitrogen and oxygen atoms in total. The molecule has 0 aliphatic carbocycles. The fourth-order valence-corrected chi connectivity index (χ4v) is 0.765. The van der Waals surface area contributed by atoms with Gasteiger partial charge in [0, 0.05) is 0 Å². The molecular weight excluding hydrogens is 154 g/mol. The van der Waals surface area contributed by atoms with E-state index in [0.29, 0.717) is 5.75 Å². The Morgan fingerprint density at radius 1 is 1.42 bits per heavy atom. The molecule has 64 valence electrons. The number of carbonyl (C=O) groups excluding carboxylic acids is 1. The maximum Gasteiger partial charge on any atom is 0.147 e. The van der Waals surface area contributed by atoms with Gasteiger partial charge in [-0.15, -0.1) is 5.48 Å². The second-order valence-electron chi connectivity index (χ2n) is 2.43. The predicted molar refractivity (Wildman–Crippen MR) is 45.9 cm³/mol.